The molecule has 1 amide bonds. The van der Waals surface area contributed by atoms with Crippen LogP contribution in [0, 0.1) is 12.7 Å². The van der Waals surface area contributed by atoms with Crippen molar-refractivity contribution in [2.24, 2.45) is 0 Å². The van der Waals surface area contributed by atoms with Gasteiger partial charge in [-0.2, -0.15) is 5.21 Å². The Balaban J connectivity index is 1.80. The average molecular weight is 325 g/mol. The number of rotatable bonds is 5. The highest BCUT2D eigenvalue weighted by Gasteiger charge is 2.25. The molecule has 24 heavy (non-hydrogen) atoms. The van der Waals surface area contributed by atoms with Crippen LogP contribution in [-0.4, -0.2) is 26.5 Å². The number of tetrazole rings is 1. The van der Waals surface area contributed by atoms with Crippen molar-refractivity contribution < 1.29 is 9.18 Å². The first-order valence-electron chi connectivity index (χ1n) is 7.47. The van der Waals surface area contributed by atoms with E-state index in [1.54, 1.807) is 12.1 Å². The van der Waals surface area contributed by atoms with E-state index >= 15 is 0 Å². The number of benzene rings is 2. The largest absolute Gasteiger partial charge is 0.325 e. The molecule has 1 unspecified atom stereocenters. The van der Waals surface area contributed by atoms with Gasteiger partial charge >= 0.3 is 0 Å². The Bertz CT molecular complexity index is 800. The topological polar surface area (TPSA) is 83.6 Å². The number of hydrogen-bond acceptors (Lipinski definition) is 4. The molecule has 0 aliphatic rings. The van der Waals surface area contributed by atoms with Gasteiger partial charge in [0.1, 0.15) is 11.7 Å². The van der Waals surface area contributed by atoms with Crippen LogP contribution in [0.1, 0.15) is 22.9 Å². The van der Waals surface area contributed by atoms with Crippen LogP contribution in [-0.2, 0) is 11.2 Å². The molecule has 1 atom stereocenters. The minimum absolute atomic E-state index is 0.246. The highest BCUT2D eigenvalue weighted by Crippen LogP contribution is 2.20. The Morgan fingerprint density at radius 2 is 1.88 bits per heavy atom. The van der Waals surface area contributed by atoms with Gasteiger partial charge in [0.25, 0.3) is 0 Å². The van der Waals surface area contributed by atoms with Crippen LogP contribution in [0.25, 0.3) is 0 Å². The van der Waals surface area contributed by atoms with Gasteiger partial charge in [-0.25, -0.2) is 4.39 Å². The van der Waals surface area contributed by atoms with E-state index < -0.39 is 5.92 Å². The average Bonchev–Trinajstić information content (AvgIpc) is 3.10. The van der Waals surface area contributed by atoms with E-state index in [4.69, 9.17) is 0 Å². The molecule has 0 aliphatic carbocycles. The zero-order chi connectivity index (χ0) is 16.9. The van der Waals surface area contributed by atoms with Gasteiger partial charge in [0, 0.05) is 5.69 Å². The molecule has 1 heterocycles. The van der Waals surface area contributed by atoms with Gasteiger partial charge in [-0.3, -0.25) is 4.79 Å². The van der Waals surface area contributed by atoms with Crippen molar-refractivity contribution in [1.29, 1.82) is 0 Å². The Morgan fingerprint density at radius 3 is 2.50 bits per heavy atom. The van der Waals surface area contributed by atoms with Gasteiger partial charge in [-0.1, -0.05) is 35.0 Å². The molecular formula is C17H16FN5O. The van der Waals surface area contributed by atoms with E-state index in [9.17, 15) is 9.18 Å². The number of aromatic nitrogens is 4. The molecule has 2 aromatic carbocycles. The predicted octanol–water partition coefficient (Wildman–Crippen LogP) is 2.61. The van der Waals surface area contributed by atoms with Crippen LogP contribution in [0.3, 0.4) is 0 Å². The van der Waals surface area contributed by atoms with Gasteiger partial charge in [0.2, 0.25) is 5.91 Å². The summed E-state index contributed by atoms with van der Waals surface area (Å²) >= 11 is 0. The smallest absolute Gasteiger partial charge is 0.235 e. The zero-order valence-electron chi connectivity index (χ0n) is 13.0. The third kappa shape index (κ3) is 3.81. The van der Waals surface area contributed by atoms with E-state index in [0.717, 1.165) is 11.1 Å². The van der Waals surface area contributed by atoms with Crippen molar-refractivity contribution in [1.82, 2.24) is 20.6 Å². The maximum Gasteiger partial charge on any atom is 0.235 e. The lowest BCUT2D eigenvalue weighted by molar-refractivity contribution is -0.117. The fourth-order valence-electron chi connectivity index (χ4n) is 2.34. The predicted molar refractivity (Wildman–Crippen MR) is 86.8 cm³/mol. The molecule has 0 saturated heterocycles. The minimum atomic E-state index is -0.629. The molecule has 0 fully saturated rings. The maximum atomic E-state index is 13.1. The molecule has 3 rings (SSSR count). The second kappa shape index (κ2) is 6.99. The number of anilines is 1. The lowest BCUT2D eigenvalue weighted by Crippen LogP contribution is -2.24. The number of hydrogen-bond donors (Lipinski definition) is 2. The molecular weight excluding hydrogens is 309 g/mol. The molecule has 0 spiro atoms. The lowest BCUT2D eigenvalue weighted by Gasteiger charge is -2.14. The van der Waals surface area contributed by atoms with E-state index in [1.807, 2.05) is 31.2 Å². The van der Waals surface area contributed by atoms with Crippen molar-refractivity contribution in [2.75, 3.05) is 5.32 Å². The number of carbonyl (C=O) groups excluding carboxylic acids is 1. The summed E-state index contributed by atoms with van der Waals surface area (Å²) in [6.45, 7) is 1.97. The second-order valence-electron chi connectivity index (χ2n) is 5.51. The zero-order valence-corrected chi connectivity index (χ0v) is 13.0. The molecule has 1 aromatic heterocycles. The first-order chi connectivity index (χ1) is 11.6. The third-order valence-electron chi connectivity index (χ3n) is 3.66. The van der Waals surface area contributed by atoms with Crippen molar-refractivity contribution >= 4 is 11.6 Å². The number of amides is 1. The molecule has 0 radical (unpaired) electrons. The van der Waals surface area contributed by atoms with Crippen molar-refractivity contribution in [3.8, 4) is 0 Å². The molecule has 2 N–H and O–H groups in total. The molecule has 0 bridgehead atoms. The van der Waals surface area contributed by atoms with Crippen molar-refractivity contribution in [3.05, 3.63) is 71.3 Å². The number of H-pyrrole nitrogens is 1. The fraction of sp³-hybridized carbons (Fsp3) is 0.176. The Labute approximate surface area is 138 Å². The summed E-state index contributed by atoms with van der Waals surface area (Å²) in [6, 6.07) is 13.5. The number of nitrogens with one attached hydrogen (secondary N) is 2. The summed E-state index contributed by atoms with van der Waals surface area (Å²) in [5, 5.41) is 16.6. The van der Waals surface area contributed by atoms with Gasteiger partial charge in [0.05, 0.1) is 0 Å². The van der Waals surface area contributed by atoms with Crippen LogP contribution in [0.15, 0.2) is 48.5 Å². The van der Waals surface area contributed by atoms with Crippen molar-refractivity contribution in [3.63, 3.8) is 0 Å². The van der Waals surface area contributed by atoms with Crippen LogP contribution in [0.2, 0.25) is 0 Å². The van der Waals surface area contributed by atoms with Gasteiger partial charge in [-0.15, -0.1) is 10.2 Å². The normalized spacial score (nSPS) is 11.9. The summed E-state index contributed by atoms with van der Waals surface area (Å²) in [6.07, 6.45) is 0.345. The van der Waals surface area contributed by atoms with Gasteiger partial charge < -0.3 is 5.32 Å². The van der Waals surface area contributed by atoms with E-state index in [2.05, 4.69) is 25.9 Å². The monoisotopic (exact) mass is 325 g/mol. The van der Waals surface area contributed by atoms with E-state index in [1.165, 1.54) is 12.1 Å². The van der Waals surface area contributed by atoms with E-state index in [0.29, 0.717) is 17.9 Å². The Morgan fingerprint density at radius 1 is 1.17 bits per heavy atom. The first-order valence-corrected chi connectivity index (χ1v) is 7.47. The highest BCUT2D eigenvalue weighted by atomic mass is 19.1. The van der Waals surface area contributed by atoms with Crippen LogP contribution in [0.5, 0.6) is 0 Å². The van der Waals surface area contributed by atoms with E-state index in [-0.39, 0.29) is 11.7 Å². The van der Waals surface area contributed by atoms with Crippen LogP contribution >= 0.6 is 0 Å². The summed E-state index contributed by atoms with van der Waals surface area (Å²) in [4.78, 5) is 12.7. The lowest BCUT2D eigenvalue weighted by atomic mass is 9.97. The minimum Gasteiger partial charge on any atom is -0.325 e. The number of halogens is 1. The standard InChI is InChI=1S/C17H16FN5O/c1-11-2-8-14(9-3-11)19-17(24)15(16-20-22-23-21-16)10-12-4-6-13(18)7-5-12/h2-9,15H,10H2,1H3,(H,19,24)(H,20,21,22,23). The quantitative estimate of drug-likeness (QED) is 0.755. The molecule has 0 saturated carbocycles. The van der Waals surface area contributed by atoms with Crippen LogP contribution in [0.4, 0.5) is 10.1 Å². The summed E-state index contributed by atoms with van der Waals surface area (Å²) < 4.78 is 13.1. The molecule has 122 valence electrons. The first kappa shape index (κ1) is 15.8. The summed E-state index contributed by atoms with van der Waals surface area (Å²) in [7, 11) is 0. The number of nitrogens with zero attached hydrogens (tertiary/aromatic N) is 3. The molecule has 6 nitrogen and oxygen atoms in total. The SMILES string of the molecule is Cc1ccc(NC(=O)C(Cc2ccc(F)cc2)c2nn[nH]n2)cc1. The van der Waals surface area contributed by atoms with Gasteiger partial charge in [-0.05, 0) is 43.2 Å². The number of carbonyl (C=O) groups is 1. The number of aromatic amines is 1. The Kier molecular flexibility index (Phi) is 4.60. The third-order valence-corrected chi connectivity index (χ3v) is 3.66. The maximum absolute atomic E-state index is 13.1. The fourth-order valence-corrected chi connectivity index (χ4v) is 2.34. The number of aryl methyl sites for hydroxylation is 1. The second-order valence-corrected chi connectivity index (χ2v) is 5.51. The summed E-state index contributed by atoms with van der Waals surface area (Å²) in [5.41, 5.74) is 2.61. The summed E-state index contributed by atoms with van der Waals surface area (Å²) in [5.74, 6) is -0.900. The molecule has 3 aromatic rings. The van der Waals surface area contributed by atoms with Crippen molar-refractivity contribution in [2.45, 2.75) is 19.3 Å². The Hall–Kier alpha value is -3.09. The molecule has 0 aliphatic heterocycles. The molecule has 7 heteroatoms. The van der Waals surface area contributed by atoms with Gasteiger partial charge in [0.15, 0.2) is 5.82 Å². The van der Waals surface area contributed by atoms with Crippen LogP contribution < -0.4 is 5.32 Å². The highest BCUT2D eigenvalue weighted by molar-refractivity contribution is 5.95.